The van der Waals surface area contributed by atoms with Gasteiger partial charge in [0.05, 0.1) is 32.2 Å². The maximum atomic E-state index is 16.1. The van der Waals surface area contributed by atoms with Gasteiger partial charge >= 0.3 is 0 Å². The zero-order valence-corrected chi connectivity index (χ0v) is 17.7. The topological polar surface area (TPSA) is 112 Å². The Morgan fingerprint density at radius 3 is 2.87 bits per heavy atom. The van der Waals surface area contributed by atoms with E-state index in [2.05, 4.69) is 20.3 Å². The van der Waals surface area contributed by atoms with Crippen LogP contribution in [0.1, 0.15) is 29.4 Å². The van der Waals surface area contributed by atoms with Crippen molar-refractivity contribution >= 4 is 28.5 Å². The lowest BCUT2D eigenvalue weighted by Gasteiger charge is -2.49. The van der Waals surface area contributed by atoms with Gasteiger partial charge in [-0.3, -0.25) is 4.79 Å². The van der Waals surface area contributed by atoms with Crippen LogP contribution < -0.4 is 15.8 Å². The molecule has 11 heteroatoms. The number of carbonyl (C=O) groups excluding carboxylic acids is 1. The van der Waals surface area contributed by atoms with Crippen LogP contribution in [0, 0.1) is 5.82 Å². The van der Waals surface area contributed by atoms with Crippen molar-refractivity contribution in [1.82, 2.24) is 9.97 Å². The highest BCUT2D eigenvalue weighted by Crippen LogP contribution is 2.51. The minimum absolute atomic E-state index is 0.00997. The molecule has 1 aromatic carbocycles. The molecule has 1 amide bonds. The molecule has 3 atom stereocenters. The van der Waals surface area contributed by atoms with E-state index in [9.17, 15) is 9.18 Å². The van der Waals surface area contributed by atoms with E-state index in [1.54, 1.807) is 6.92 Å². The summed E-state index contributed by atoms with van der Waals surface area (Å²) in [5.74, 6) is -0.933. The summed E-state index contributed by atoms with van der Waals surface area (Å²) in [5.41, 5.74) is 3.00. The van der Waals surface area contributed by atoms with Gasteiger partial charge < -0.3 is 20.5 Å². The van der Waals surface area contributed by atoms with Crippen molar-refractivity contribution < 1.29 is 23.0 Å². The minimum Gasteiger partial charge on any atom is -0.480 e. The van der Waals surface area contributed by atoms with Crippen LogP contribution in [0.2, 0.25) is 0 Å². The van der Waals surface area contributed by atoms with Gasteiger partial charge in [-0.2, -0.15) is 0 Å². The van der Waals surface area contributed by atoms with Crippen molar-refractivity contribution in [3.05, 3.63) is 47.7 Å². The molecule has 2 aromatic rings. The highest BCUT2D eigenvalue weighted by Gasteiger charge is 2.59. The third-order valence-electron chi connectivity index (χ3n) is 5.38. The lowest BCUT2D eigenvalue weighted by atomic mass is 9.73. The third-order valence-corrected chi connectivity index (χ3v) is 6.37. The van der Waals surface area contributed by atoms with E-state index in [-0.39, 0.29) is 52.9 Å². The number of aliphatic imine (C=N–C) groups is 1. The van der Waals surface area contributed by atoms with Gasteiger partial charge in [0.1, 0.15) is 17.1 Å². The maximum Gasteiger partial charge on any atom is 0.275 e. The van der Waals surface area contributed by atoms with Crippen LogP contribution in [0.25, 0.3) is 0 Å². The first-order chi connectivity index (χ1) is 14.7. The molecule has 3 N–H and O–H groups in total. The molecule has 2 aliphatic rings. The molecule has 1 fully saturated rings. The second kappa shape index (κ2) is 8.04. The number of rotatable bonds is 4. The summed E-state index contributed by atoms with van der Waals surface area (Å²) >= 11 is 1.13. The van der Waals surface area contributed by atoms with Gasteiger partial charge in [0, 0.05) is 17.9 Å². The quantitative estimate of drug-likeness (QED) is 0.738. The van der Waals surface area contributed by atoms with Gasteiger partial charge in [-0.25, -0.2) is 23.7 Å². The van der Waals surface area contributed by atoms with Gasteiger partial charge in [0.15, 0.2) is 10.8 Å². The molecule has 8 nitrogen and oxygen atoms in total. The average molecular weight is 449 g/mol. The molecular formula is C20H21F2N5O3S. The van der Waals surface area contributed by atoms with E-state index in [1.165, 1.54) is 31.6 Å². The van der Waals surface area contributed by atoms with Crippen molar-refractivity contribution in [3.63, 3.8) is 0 Å². The number of benzene rings is 1. The molecule has 0 aliphatic carbocycles. The number of amides is 1. The van der Waals surface area contributed by atoms with Crippen LogP contribution >= 0.6 is 11.8 Å². The van der Waals surface area contributed by atoms with Crippen molar-refractivity contribution in [3.8, 4) is 5.88 Å². The van der Waals surface area contributed by atoms with Crippen LogP contribution in [0.15, 0.2) is 35.6 Å². The number of nitrogens with zero attached hydrogens (tertiary/aromatic N) is 3. The predicted molar refractivity (Wildman–Crippen MR) is 113 cm³/mol. The third kappa shape index (κ3) is 3.94. The number of hydrogen-bond acceptors (Lipinski definition) is 8. The normalized spacial score (nSPS) is 27.7. The molecule has 0 bridgehead atoms. The highest BCUT2D eigenvalue weighted by molar-refractivity contribution is 8.13. The molecule has 31 heavy (non-hydrogen) atoms. The smallest absolute Gasteiger partial charge is 0.275 e. The number of nitrogens with two attached hydrogens (primary N) is 1. The highest BCUT2D eigenvalue weighted by atomic mass is 32.2. The second-order valence-electron chi connectivity index (χ2n) is 7.52. The average Bonchev–Trinajstić information content (AvgIpc) is 2.74. The monoisotopic (exact) mass is 449 g/mol. The van der Waals surface area contributed by atoms with Gasteiger partial charge in [-0.05, 0) is 30.7 Å². The molecule has 0 radical (unpaired) electrons. The lowest BCUT2D eigenvalue weighted by molar-refractivity contribution is -0.106. The largest absolute Gasteiger partial charge is 0.480 e. The molecule has 2 aliphatic heterocycles. The van der Waals surface area contributed by atoms with E-state index in [4.69, 9.17) is 15.2 Å². The number of methoxy groups -OCH3 is 1. The molecule has 3 heterocycles. The van der Waals surface area contributed by atoms with Crippen molar-refractivity contribution in [2.45, 2.75) is 30.7 Å². The van der Waals surface area contributed by atoms with Gasteiger partial charge in [0.25, 0.3) is 5.91 Å². The number of amidine groups is 1. The number of hydrogen-bond donors (Lipinski definition) is 2. The summed E-state index contributed by atoms with van der Waals surface area (Å²) in [4.78, 5) is 24.8. The number of carbonyl (C=O) groups is 1. The Bertz CT molecular complexity index is 1040. The summed E-state index contributed by atoms with van der Waals surface area (Å²) < 4.78 is 41.3. The lowest BCUT2D eigenvalue weighted by Crippen LogP contribution is -2.60. The fourth-order valence-corrected chi connectivity index (χ4v) is 4.79. The minimum atomic E-state index is -1.78. The molecule has 0 saturated carbocycles. The summed E-state index contributed by atoms with van der Waals surface area (Å²) in [6.45, 7) is 1.69. The molecule has 0 spiro atoms. The SMILES string of the molecule is COc1cnc(C(=O)Nc2cc(F)cc([C@]34CO[C@@H](C)C[C@@]3(F)CSC(N)=N4)c2)cn1. The first kappa shape index (κ1) is 21.4. The Hall–Kier alpha value is -2.79. The number of halogens is 2. The van der Waals surface area contributed by atoms with E-state index in [1.807, 2.05) is 0 Å². The van der Waals surface area contributed by atoms with E-state index >= 15 is 4.39 Å². The van der Waals surface area contributed by atoms with E-state index in [0.717, 1.165) is 17.8 Å². The Kier molecular flexibility index (Phi) is 5.56. The second-order valence-corrected chi connectivity index (χ2v) is 8.51. The summed E-state index contributed by atoms with van der Waals surface area (Å²) in [5, 5.41) is 2.77. The van der Waals surface area contributed by atoms with Crippen LogP contribution in [-0.4, -0.2) is 52.3 Å². The Morgan fingerprint density at radius 1 is 1.35 bits per heavy atom. The Balaban J connectivity index is 1.69. The fourth-order valence-electron chi connectivity index (χ4n) is 3.84. The summed E-state index contributed by atoms with van der Waals surface area (Å²) in [6, 6.07) is 3.81. The number of ether oxygens (including phenoxy) is 2. The number of alkyl halides is 1. The van der Waals surface area contributed by atoms with Crippen molar-refractivity contribution in [2.75, 3.05) is 24.8 Å². The van der Waals surface area contributed by atoms with Crippen LogP contribution in [0.4, 0.5) is 14.5 Å². The number of thioether (sulfide) groups is 1. The first-order valence-electron chi connectivity index (χ1n) is 9.52. The molecule has 164 valence electrons. The Morgan fingerprint density at radius 2 is 2.16 bits per heavy atom. The van der Waals surface area contributed by atoms with Crippen LogP contribution in [-0.2, 0) is 10.3 Å². The molecule has 4 rings (SSSR count). The van der Waals surface area contributed by atoms with E-state index in [0.29, 0.717) is 0 Å². The Labute approximate surface area is 181 Å². The van der Waals surface area contributed by atoms with E-state index < -0.39 is 22.9 Å². The molecule has 0 unspecified atom stereocenters. The number of anilines is 1. The summed E-state index contributed by atoms with van der Waals surface area (Å²) in [6.07, 6.45) is 2.31. The van der Waals surface area contributed by atoms with Crippen LogP contribution in [0.3, 0.4) is 0 Å². The van der Waals surface area contributed by atoms with Gasteiger partial charge in [-0.1, -0.05) is 11.8 Å². The van der Waals surface area contributed by atoms with Crippen molar-refractivity contribution in [1.29, 1.82) is 0 Å². The van der Waals surface area contributed by atoms with Crippen molar-refractivity contribution in [2.24, 2.45) is 10.7 Å². The number of nitrogens with one attached hydrogen (secondary N) is 1. The molecule has 1 saturated heterocycles. The zero-order chi connectivity index (χ0) is 22.2. The predicted octanol–water partition coefficient (Wildman–Crippen LogP) is 2.65. The zero-order valence-electron chi connectivity index (χ0n) is 16.9. The standard InChI is InChI=1S/C20H21F2N5O3S/c1-11-6-19(22)10-31-18(23)27-20(19,9-30-11)12-3-13(21)5-14(4-12)26-17(28)15-7-25-16(29-2)8-24-15/h3-5,7-8,11H,6,9-10H2,1-2H3,(H2,23,27)(H,26,28)/t11-,19+,20+/m0/s1. The van der Waals surface area contributed by atoms with Gasteiger partial charge in [-0.15, -0.1) is 0 Å². The number of fused-ring (bicyclic) bond motifs is 1. The maximum absolute atomic E-state index is 16.1. The first-order valence-corrected chi connectivity index (χ1v) is 10.5. The number of aromatic nitrogens is 2. The molecular weight excluding hydrogens is 428 g/mol. The van der Waals surface area contributed by atoms with Gasteiger partial charge in [0.2, 0.25) is 5.88 Å². The fraction of sp³-hybridized carbons (Fsp3) is 0.400. The summed E-state index contributed by atoms with van der Waals surface area (Å²) in [7, 11) is 1.43. The molecule has 1 aromatic heterocycles. The van der Waals surface area contributed by atoms with Crippen LogP contribution in [0.5, 0.6) is 5.88 Å².